The quantitative estimate of drug-likeness (QED) is 0.743. The minimum atomic E-state index is -0.149. The molecule has 1 atom stereocenters. The van der Waals surface area contributed by atoms with Gasteiger partial charge in [0.05, 0.1) is 20.8 Å². The van der Waals surface area contributed by atoms with Crippen LogP contribution in [-0.2, 0) is 0 Å². The predicted octanol–water partition coefficient (Wildman–Crippen LogP) is 2.27. The highest BCUT2D eigenvalue weighted by molar-refractivity contribution is 5.98. The van der Waals surface area contributed by atoms with Gasteiger partial charge in [-0.1, -0.05) is 0 Å². The fraction of sp³-hybridized carbons (Fsp3) is 0.316. The van der Waals surface area contributed by atoms with Crippen LogP contribution in [0.25, 0.3) is 10.9 Å². The van der Waals surface area contributed by atoms with Crippen LogP contribution in [0.15, 0.2) is 36.7 Å². The van der Waals surface area contributed by atoms with Crippen LogP contribution in [0, 0.1) is 0 Å². The molecule has 1 aliphatic heterocycles. The fourth-order valence-electron chi connectivity index (χ4n) is 3.22. The molecule has 1 amide bonds. The number of methoxy groups -OCH3 is 2. The van der Waals surface area contributed by atoms with Gasteiger partial charge >= 0.3 is 0 Å². The molecule has 27 heavy (non-hydrogen) atoms. The van der Waals surface area contributed by atoms with E-state index in [0.717, 1.165) is 23.1 Å². The number of carbonyl (C=O) groups excluding carboxylic acids is 1. The predicted molar refractivity (Wildman–Crippen MR) is 98.4 cm³/mol. The summed E-state index contributed by atoms with van der Waals surface area (Å²) >= 11 is 0. The van der Waals surface area contributed by atoms with Gasteiger partial charge in [-0.3, -0.25) is 4.79 Å². The van der Waals surface area contributed by atoms with Crippen LogP contribution >= 0.6 is 0 Å². The molecule has 0 radical (unpaired) electrons. The van der Waals surface area contributed by atoms with Gasteiger partial charge in [-0.05, 0) is 18.2 Å². The molecule has 0 bridgehead atoms. The van der Waals surface area contributed by atoms with Crippen LogP contribution in [0.3, 0.4) is 0 Å². The van der Waals surface area contributed by atoms with Gasteiger partial charge in [-0.25, -0.2) is 9.97 Å². The number of amides is 1. The van der Waals surface area contributed by atoms with Crippen molar-refractivity contribution in [2.24, 2.45) is 0 Å². The Labute approximate surface area is 156 Å². The Morgan fingerprint density at radius 3 is 2.74 bits per heavy atom. The summed E-state index contributed by atoms with van der Waals surface area (Å²) in [5.41, 5.74) is 1.42. The van der Waals surface area contributed by atoms with Gasteiger partial charge in [-0.2, -0.15) is 0 Å². The van der Waals surface area contributed by atoms with E-state index >= 15 is 0 Å². The minimum Gasteiger partial charge on any atom is -0.497 e. The number of hydrogen-bond donors (Lipinski definition) is 1. The van der Waals surface area contributed by atoms with Crippen LogP contribution in [0.5, 0.6) is 17.5 Å². The van der Waals surface area contributed by atoms with E-state index < -0.39 is 0 Å². The van der Waals surface area contributed by atoms with E-state index in [1.807, 2.05) is 24.3 Å². The molecule has 8 nitrogen and oxygen atoms in total. The molecular formula is C19H20N4O4. The molecule has 8 heteroatoms. The van der Waals surface area contributed by atoms with Gasteiger partial charge in [-0.15, -0.1) is 0 Å². The van der Waals surface area contributed by atoms with Crippen LogP contribution < -0.4 is 14.2 Å². The molecule has 0 saturated carbocycles. The maximum Gasteiger partial charge on any atom is 0.278 e. The first kappa shape index (κ1) is 17.1. The molecule has 1 fully saturated rings. The number of fused-ring (bicyclic) bond motifs is 1. The van der Waals surface area contributed by atoms with Crippen molar-refractivity contribution in [3.05, 3.63) is 42.4 Å². The van der Waals surface area contributed by atoms with Crippen molar-refractivity contribution in [2.75, 3.05) is 27.3 Å². The summed E-state index contributed by atoms with van der Waals surface area (Å²) in [6.07, 6.45) is 3.67. The lowest BCUT2D eigenvalue weighted by molar-refractivity contribution is 0.0765. The highest BCUT2D eigenvalue weighted by atomic mass is 16.5. The van der Waals surface area contributed by atoms with Crippen molar-refractivity contribution >= 4 is 16.8 Å². The maximum absolute atomic E-state index is 12.8. The third-order valence-electron chi connectivity index (χ3n) is 4.60. The second kappa shape index (κ2) is 7.14. The average molecular weight is 368 g/mol. The number of nitrogens with zero attached hydrogens (tertiary/aromatic N) is 3. The van der Waals surface area contributed by atoms with Crippen molar-refractivity contribution in [1.29, 1.82) is 0 Å². The van der Waals surface area contributed by atoms with Gasteiger partial charge in [0.2, 0.25) is 0 Å². The molecule has 140 valence electrons. The van der Waals surface area contributed by atoms with Gasteiger partial charge in [0.25, 0.3) is 17.7 Å². The van der Waals surface area contributed by atoms with Gasteiger partial charge in [0.15, 0.2) is 0 Å². The second-order valence-corrected chi connectivity index (χ2v) is 6.29. The maximum atomic E-state index is 12.8. The lowest BCUT2D eigenvalue weighted by Crippen LogP contribution is -2.31. The smallest absolute Gasteiger partial charge is 0.278 e. The van der Waals surface area contributed by atoms with E-state index in [1.165, 1.54) is 7.11 Å². The lowest BCUT2D eigenvalue weighted by Gasteiger charge is -2.16. The first-order valence-electron chi connectivity index (χ1n) is 8.65. The number of H-pyrrole nitrogens is 1. The number of rotatable bonds is 5. The van der Waals surface area contributed by atoms with E-state index in [4.69, 9.17) is 14.2 Å². The fourth-order valence-corrected chi connectivity index (χ4v) is 3.22. The zero-order valence-corrected chi connectivity index (χ0v) is 15.1. The number of carbonyl (C=O) groups is 1. The van der Waals surface area contributed by atoms with Gasteiger partial charge in [0, 0.05) is 42.3 Å². The molecule has 0 unspecified atom stereocenters. The summed E-state index contributed by atoms with van der Waals surface area (Å²) in [6.45, 7) is 1.10. The molecule has 4 rings (SSSR count). The monoisotopic (exact) mass is 368 g/mol. The van der Waals surface area contributed by atoms with Crippen molar-refractivity contribution in [2.45, 2.75) is 12.5 Å². The highest BCUT2D eigenvalue weighted by Gasteiger charge is 2.30. The Morgan fingerprint density at radius 2 is 1.96 bits per heavy atom. The number of nitrogens with one attached hydrogen (secondary N) is 1. The van der Waals surface area contributed by atoms with E-state index in [2.05, 4.69) is 15.0 Å². The number of aromatic amines is 1. The molecule has 0 spiro atoms. The zero-order valence-electron chi connectivity index (χ0n) is 15.1. The summed E-state index contributed by atoms with van der Waals surface area (Å²) in [7, 11) is 3.14. The van der Waals surface area contributed by atoms with Crippen LogP contribution in [0.2, 0.25) is 0 Å². The standard InChI is InChI=1S/C19H20N4O4/c1-25-13-4-3-12-9-16(22-15(12)10-13)19(24)23-8-5-14(11-23)27-18-17(26-2)20-6-7-21-18/h3-4,6-7,9-10,14,22H,5,8,11H2,1-2H3/t14-/m1/s1. The Hall–Kier alpha value is -3.29. The number of benzene rings is 1. The number of aromatic nitrogens is 3. The minimum absolute atomic E-state index is 0.0534. The first-order chi connectivity index (χ1) is 13.2. The topological polar surface area (TPSA) is 89.6 Å². The normalized spacial score (nSPS) is 16.5. The summed E-state index contributed by atoms with van der Waals surface area (Å²) < 4.78 is 16.3. The number of ether oxygens (including phenoxy) is 3. The summed E-state index contributed by atoms with van der Waals surface area (Å²) in [4.78, 5) is 26.0. The van der Waals surface area contributed by atoms with E-state index in [9.17, 15) is 4.79 Å². The Morgan fingerprint density at radius 1 is 1.15 bits per heavy atom. The molecule has 1 aromatic carbocycles. The molecule has 1 saturated heterocycles. The summed E-state index contributed by atoms with van der Waals surface area (Å²) in [6, 6.07) is 7.54. The average Bonchev–Trinajstić information content (AvgIpc) is 3.34. The SMILES string of the molecule is COc1ccc2cc(C(=O)N3CC[C@@H](Oc4nccnc4OC)C3)[nH]c2c1. The van der Waals surface area contributed by atoms with E-state index in [0.29, 0.717) is 30.5 Å². The zero-order chi connectivity index (χ0) is 18.8. The van der Waals surface area contributed by atoms with E-state index in [1.54, 1.807) is 24.4 Å². The molecule has 3 aromatic rings. The summed E-state index contributed by atoms with van der Waals surface area (Å²) in [5, 5.41) is 0.968. The third kappa shape index (κ3) is 3.38. The molecule has 1 aliphatic rings. The molecule has 2 aromatic heterocycles. The Kier molecular flexibility index (Phi) is 4.53. The van der Waals surface area contributed by atoms with Crippen LogP contribution in [-0.4, -0.2) is 59.2 Å². The number of hydrogen-bond acceptors (Lipinski definition) is 6. The van der Waals surface area contributed by atoms with Crippen molar-refractivity contribution in [1.82, 2.24) is 19.9 Å². The molecule has 1 N–H and O–H groups in total. The third-order valence-corrected chi connectivity index (χ3v) is 4.60. The van der Waals surface area contributed by atoms with Crippen molar-refractivity contribution in [3.8, 4) is 17.5 Å². The number of likely N-dealkylation sites (tertiary alicyclic amines) is 1. The van der Waals surface area contributed by atoms with E-state index in [-0.39, 0.29) is 12.0 Å². The van der Waals surface area contributed by atoms with Gasteiger partial charge < -0.3 is 24.1 Å². The van der Waals surface area contributed by atoms with Gasteiger partial charge in [0.1, 0.15) is 17.5 Å². The lowest BCUT2D eigenvalue weighted by atomic mass is 10.2. The van der Waals surface area contributed by atoms with Crippen LogP contribution in [0.4, 0.5) is 0 Å². The molecule has 0 aliphatic carbocycles. The van der Waals surface area contributed by atoms with Crippen molar-refractivity contribution in [3.63, 3.8) is 0 Å². The molecule has 3 heterocycles. The van der Waals surface area contributed by atoms with Crippen molar-refractivity contribution < 1.29 is 19.0 Å². The second-order valence-electron chi connectivity index (χ2n) is 6.29. The molecular weight excluding hydrogens is 348 g/mol. The van der Waals surface area contributed by atoms with Crippen LogP contribution in [0.1, 0.15) is 16.9 Å². The Bertz CT molecular complexity index is 971. The largest absolute Gasteiger partial charge is 0.497 e. The first-order valence-corrected chi connectivity index (χ1v) is 8.65. The summed E-state index contributed by atoms with van der Waals surface area (Å²) in [5.74, 6) is 1.38. The Balaban J connectivity index is 1.46. The highest BCUT2D eigenvalue weighted by Crippen LogP contribution is 2.26.